The first kappa shape index (κ1) is 9.12. The molecule has 1 aliphatic heterocycles. The molecule has 15 heavy (non-hydrogen) atoms. The summed E-state index contributed by atoms with van der Waals surface area (Å²) in [6, 6.07) is 10.9. The highest BCUT2D eigenvalue weighted by Crippen LogP contribution is 2.66. The second kappa shape index (κ2) is 3.79. The highest BCUT2D eigenvalue weighted by molar-refractivity contribution is 7.75. The maximum absolute atomic E-state index is 2.36. The van der Waals surface area contributed by atoms with Gasteiger partial charge in [0, 0.05) is 11.3 Å². The zero-order valence-corrected chi connectivity index (χ0v) is 9.35. The topological polar surface area (TPSA) is 0 Å². The van der Waals surface area contributed by atoms with Crippen molar-refractivity contribution in [3.8, 4) is 0 Å². The third kappa shape index (κ3) is 1.70. The first-order valence-corrected chi connectivity index (χ1v) is 6.80. The minimum Gasteiger partial charge on any atom is -0.0758 e. The highest BCUT2D eigenvalue weighted by Gasteiger charge is 2.46. The fourth-order valence-electron chi connectivity index (χ4n) is 2.11. The van der Waals surface area contributed by atoms with E-state index in [1.807, 2.05) is 0 Å². The molecule has 1 fully saturated rings. The molecule has 0 spiro atoms. The largest absolute Gasteiger partial charge is 0.0758 e. The van der Waals surface area contributed by atoms with Crippen molar-refractivity contribution in [2.24, 2.45) is 0 Å². The van der Waals surface area contributed by atoms with Gasteiger partial charge in [-0.3, -0.25) is 0 Å². The Morgan fingerprint density at radius 3 is 1.93 bits per heavy atom. The first-order chi connectivity index (χ1) is 7.47. The molecule has 1 aliphatic carbocycles. The smallest absolute Gasteiger partial charge is 0.0125 e. The lowest BCUT2D eigenvalue weighted by atomic mass is 10.2. The SMILES string of the molecule is C1=C\C=C/C2C(\C=C/1)P2c1ccccc1. The first-order valence-electron chi connectivity index (χ1n) is 5.32. The van der Waals surface area contributed by atoms with Gasteiger partial charge in [0.15, 0.2) is 0 Å². The Hall–Kier alpha value is -1.13. The summed E-state index contributed by atoms with van der Waals surface area (Å²) in [7, 11) is 0.0422. The van der Waals surface area contributed by atoms with Gasteiger partial charge in [0.05, 0.1) is 0 Å². The zero-order valence-electron chi connectivity index (χ0n) is 8.45. The maximum Gasteiger partial charge on any atom is 0.0125 e. The Balaban J connectivity index is 1.88. The average Bonchev–Trinajstić information content (AvgIpc) is 2.91. The van der Waals surface area contributed by atoms with Crippen LogP contribution in [0.3, 0.4) is 0 Å². The van der Waals surface area contributed by atoms with Crippen LogP contribution in [0, 0.1) is 0 Å². The predicted octanol–water partition coefficient (Wildman–Crippen LogP) is 3.23. The Morgan fingerprint density at radius 1 is 0.733 bits per heavy atom. The standard InChI is InChI=1S/C14H13P/c1-2-7-11-14-13(10-6-1)15(14)12-8-4-3-5-9-12/h1-11,13-14H/b2-1-,10-6-,11-7-. The van der Waals surface area contributed by atoms with Gasteiger partial charge in [0.25, 0.3) is 0 Å². The van der Waals surface area contributed by atoms with Crippen LogP contribution in [0.25, 0.3) is 0 Å². The Labute approximate surface area is 91.8 Å². The summed E-state index contributed by atoms with van der Waals surface area (Å²) in [5.41, 5.74) is 1.56. The number of benzene rings is 1. The van der Waals surface area contributed by atoms with Crippen LogP contribution in [-0.4, -0.2) is 11.3 Å². The summed E-state index contributed by atoms with van der Waals surface area (Å²) < 4.78 is 0. The van der Waals surface area contributed by atoms with Gasteiger partial charge in [0.1, 0.15) is 0 Å². The lowest BCUT2D eigenvalue weighted by Gasteiger charge is -1.96. The van der Waals surface area contributed by atoms with E-state index in [4.69, 9.17) is 0 Å². The monoisotopic (exact) mass is 212 g/mol. The molecule has 1 saturated heterocycles. The molecule has 1 aromatic carbocycles. The van der Waals surface area contributed by atoms with Crippen molar-refractivity contribution in [2.75, 3.05) is 0 Å². The molecule has 74 valence electrons. The van der Waals surface area contributed by atoms with Crippen LogP contribution in [0.2, 0.25) is 0 Å². The van der Waals surface area contributed by atoms with Crippen molar-refractivity contribution in [3.05, 3.63) is 66.8 Å². The average molecular weight is 212 g/mol. The zero-order chi connectivity index (χ0) is 10.1. The second-order valence-electron chi connectivity index (χ2n) is 3.88. The molecule has 0 aromatic heterocycles. The van der Waals surface area contributed by atoms with Crippen LogP contribution in [-0.2, 0) is 0 Å². The van der Waals surface area contributed by atoms with Crippen LogP contribution in [0.5, 0.6) is 0 Å². The fourth-order valence-corrected chi connectivity index (χ4v) is 4.82. The molecule has 2 unspecified atom stereocenters. The van der Waals surface area contributed by atoms with Crippen LogP contribution in [0.4, 0.5) is 0 Å². The minimum atomic E-state index is 0.0422. The number of fused-ring (bicyclic) bond motifs is 1. The van der Waals surface area contributed by atoms with Crippen LogP contribution < -0.4 is 5.30 Å². The molecule has 0 nitrogen and oxygen atoms in total. The molecule has 0 amide bonds. The maximum atomic E-state index is 2.36. The van der Waals surface area contributed by atoms with E-state index in [0.717, 1.165) is 11.3 Å². The molecule has 1 heteroatoms. The van der Waals surface area contributed by atoms with Crippen molar-refractivity contribution in [2.45, 2.75) is 11.3 Å². The molecule has 0 N–H and O–H groups in total. The molecular weight excluding hydrogens is 199 g/mol. The quantitative estimate of drug-likeness (QED) is 0.627. The number of rotatable bonds is 1. The molecule has 2 atom stereocenters. The number of hydrogen-bond donors (Lipinski definition) is 0. The molecular formula is C14H13P. The second-order valence-corrected chi connectivity index (χ2v) is 6.40. The van der Waals surface area contributed by atoms with Gasteiger partial charge < -0.3 is 0 Å². The molecule has 1 heterocycles. The van der Waals surface area contributed by atoms with Crippen LogP contribution in [0.1, 0.15) is 0 Å². The number of allylic oxidation sites excluding steroid dienone is 6. The normalized spacial score (nSPS) is 38.3. The fraction of sp³-hybridized carbons (Fsp3) is 0.143. The highest BCUT2D eigenvalue weighted by atomic mass is 31.1. The molecule has 3 rings (SSSR count). The lowest BCUT2D eigenvalue weighted by Crippen LogP contribution is -1.91. The van der Waals surface area contributed by atoms with Gasteiger partial charge in [-0.25, -0.2) is 0 Å². The van der Waals surface area contributed by atoms with E-state index < -0.39 is 0 Å². The third-order valence-electron chi connectivity index (χ3n) is 2.91. The Kier molecular flexibility index (Phi) is 2.31. The molecule has 0 saturated carbocycles. The Morgan fingerprint density at radius 2 is 1.33 bits per heavy atom. The minimum absolute atomic E-state index is 0.0422. The van der Waals surface area contributed by atoms with Gasteiger partial charge in [0.2, 0.25) is 0 Å². The third-order valence-corrected chi connectivity index (χ3v) is 5.73. The van der Waals surface area contributed by atoms with E-state index in [0.29, 0.717) is 0 Å². The summed E-state index contributed by atoms with van der Waals surface area (Å²) in [4.78, 5) is 0. The molecule has 2 aliphatic rings. The summed E-state index contributed by atoms with van der Waals surface area (Å²) >= 11 is 0. The van der Waals surface area contributed by atoms with Crippen LogP contribution in [0.15, 0.2) is 66.8 Å². The predicted molar refractivity (Wildman–Crippen MR) is 68.0 cm³/mol. The van der Waals surface area contributed by atoms with E-state index in [-0.39, 0.29) is 7.92 Å². The van der Waals surface area contributed by atoms with Gasteiger partial charge in [-0.15, -0.1) is 0 Å². The summed E-state index contributed by atoms with van der Waals surface area (Å²) in [6.07, 6.45) is 13.3. The van der Waals surface area contributed by atoms with Crippen molar-refractivity contribution >= 4 is 13.2 Å². The van der Waals surface area contributed by atoms with Crippen molar-refractivity contribution < 1.29 is 0 Å². The van der Waals surface area contributed by atoms with E-state index in [2.05, 4.69) is 66.8 Å². The molecule has 0 radical (unpaired) electrons. The van der Waals surface area contributed by atoms with Crippen LogP contribution >= 0.6 is 7.92 Å². The van der Waals surface area contributed by atoms with Crippen molar-refractivity contribution in [3.63, 3.8) is 0 Å². The van der Waals surface area contributed by atoms with E-state index in [1.54, 1.807) is 5.30 Å². The van der Waals surface area contributed by atoms with E-state index >= 15 is 0 Å². The summed E-state index contributed by atoms with van der Waals surface area (Å²) in [5.74, 6) is 0. The summed E-state index contributed by atoms with van der Waals surface area (Å²) in [5, 5.41) is 1.54. The van der Waals surface area contributed by atoms with Crippen molar-refractivity contribution in [1.29, 1.82) is 0 Å². The van der Waals surface area contributed by atoms with E-state index in [1.165, 1.54) is 0 Å². The Bertz CT molecular complexity index is 406. The van der Waals surface area contributed by atoms with Crippen molar-refractivity contribution in [1.82, 2.24) is 0 Å². The lowest BCUT2D eigenvalue weighted by molar-refractivity contribution is 1.23. The molecule has 1 aromatic rings. The van der Waals surface area contributed by atoms with Gasteiger partial charge in [-0.2, -0.15) is 0 Å². The number of hydrogen-bond acceptors (Lipinski definition) is 0. The van der Waals surface area contributed by atoms with Gasteiger partial charge >= 0.3 is 0 Å². The van der Waals surface area contributed by atoms with E-state index in [9.17, 15) is 0 Å². The molecule has 0 bridgehead atoms. The summed E-state index contributed by atoms with van der Waals surface area (Å²) in [6.45, 7) is 0. The van der Waals surface area contributed by atoms with Gasteiger partial charge in [-0.05, 0) is 5.30 Å². The van der Waals surface area contributed by atoms with Gasteiger partial charge in [-0.1, -0.05) is 74.7 Å².